The summed E-state index contributed by atoms with van der Waals surface area (Å²) in [6.45, 7) is 30.2. The quantitative estimate of drug-likeness (QED) is 0.429. The van der Waals surface area contributed by atoms with Crippen LogP contribution >= 0.6 is 0 Å². The van der Waals surface area contributed by atoms with E-state index in [4.69, 9.17) is 0 Å². The molecule has 24 heavy (non-hydrogen) atoms. The van der Waals surface area contributed by atoms with E-state index < -0.39 is 0 Å². The Morgan fingerprint density at radius 2 is 0.917 bits per heavy atom. The molecule has 0 saturated heterocycles. The third kappa shape index (κ3) is 49.5. The van der Waals surface area contributed by atoms with Crippen LogP contribution in [0.15, 0.2) is 0 Å². The molecular weight excluding hydrogens is 288 g/mol. The molecule has 0 aliphatic rings. The summed E-state index contributed by atoms with van der Waals surface area (Å²) < 4.78 is 0. The molecule has 0 aromatic carbocycles. The largest absolute Gasteiger partial charge is 0.0776 e. The Balaban J connectivity index is -0.0000000620. The first kappa shape index (κ1) is 39.2. The lowest BCUT2D eigenvalue weighted by Gasteiger charge is -2.23. The first-order valence-electron chi connectivity index (χ1n) is 10.8. The lowest BCUT2D eigenvalue weighted by molar-refractivity contribution is 0.285. The van der Waals surface area contributed by atoms with Gasteiger partial charge < -0.3 is 0 Å². The molecule has 0 amide bonds. The topological polar surface area (TPSA) is 0 Å². The van der Waals surface area contributed by atoms with Gasteiger partial charge in [0.15, 0.2) is 0 Å². The van der Waals surface area contributed by atoms with Crippen LogP contribution in [0.5, 0.6) is 0 Å². The summed E-state index contributed by atoms with van der Waals surface area (Å²) in [6.07, 6.45) is 6.99. The van der Waals surface area contributed by atoms with E-state index in [-0.39, 0.29) is 7.43 Å². The molecular formula is C24H60. The van der Waals surface area contributed by atoms with Gasteiger partial charge in [0.25, 0.3) is 0 Å². The molecule has 0 fully saturated rings. The molecule has 0 heterocycles. The van der Waals surface area contributed by atoms with Crippen molar-refractivity contribution in [1.82, 2.24) is 0 Å². The Morgan fingerprint density at radius 3 is 1.12 bits per heavy atom. The average molecular weight is 349 g/mol. The van der Waals surface area contributed by atoms with Crippen molar-refractivity contribution >= 4 is 0 Å². The minimum atomic E-state index is 0. The zero-order chi connectivity index (χ0) is 19.8. The second-order valence-electron chi connectivity index (χ2n) is 6.64. The van der Waals surface area contributed by atoms with Crippen LogP contribution in [0.3, 0.4) is 0 Å². The number of hydrogen-bond donors (Lipinski definition) is 0. The fraction of sp³-hybridized carbons (Fsp3) is 1.00. The third-order valence-corrected chi connectivity index (χ3v) is 3.22. The van der Waals surface area contributed by atoms with Crippen LogP contribution in [0, 0.1) is 23.7 Å². The predicted molar refractivity (Wildman–Crippen MR) is 123 cm³/mol. The predicted octanol–water partition coefficient (Wildman–Crippen LogP) is 10.3. The Labute approximate surface area is 160 Å². The van der Waals surface area contributed by atoms with Gasteiger partial charge in [-0.15, -0.1) is 0 Å². The zero-order valence-corrected chi connectivity index (χ0v) is 19.8. The highest BCUT2D eigenvalue weighted by Crippen LogP contribution is 2.26. The maximum Gasteiger partial charge on any atom is -0.0389 e. The Morgan fingerprint density at radius 1 is 0.583 bits per heavy atom. The van der Waals surface area contributed by atoms with Gasteiger partial charge >= 0.3 is 0 Å². The third-order valence-electron chi connectivity index (χ3n) is 3.22. The van der Waals surface area contributed by atoms with E-state index in [1.165, 1.54) is 32.1 Å². The average Bonchev–Trinajstić information content (AvgIpc) is 2.55. The van der Waals surface area contributed by atoms with Gasteiger partial charge in [-0.05, 0) is 30.1 Å². The second-order valence-corrected chi connectivity index (χ2v) is 6.64. The highest BCUT2D eigenvalue weighted by atomic mass is 14.2. The van der Waals surface area contributed by atoms with Crippen LogP contribution < -0.4 is 0 Å². The lowest BCUT2D eigenvalue weighted by Crippen LogP contribution is -2.11. The molecule has 0 saturated carbocycles. The maximum absolute atomic E-state index is 2.42. The van der Waals surface area contributed by atoms with Crippen LogP contribution in [0.4, 0.5) is 0 Å². The zero-order valence-electron chi connectivity index (χ0n) is 19.8. The van der Waals surface area contributed by atoms with Crippen molar-refractivity contribution in [1.29, 1.82) is 0 Å². The van der Waals surface area contributed by atoms with Gasteiger partial charge in [-0.1, -0.05) is 130 Å². The molecule has 0 bridgehead atoms. The highest BCUT2D eigenvalue weighted by Gasteiger charge is 2.14. The molecule has 0 rings (SSSR count). The maximum atomic E-state index is 2.42. The summed E-state index contributed by atoms with van der Waals surface area (Å²) in [4.78, 5) is 0. The van der Waals surface area contributed by atoms with Crippen molar-refractivity contribution in [2.75, 3.05) is 0 Å². The second kappa shape index (κ2) is 38.5. The van der Waals surface area contributed by atoms with Gasteiger partial charge in [-0.2, -0.15) is 0 Å². The van der Waals surface area contributed by atoms with Gasteiger partial charge in [0.2, 0.25) is 0 Å². The molecule has 2 unspecified atom stereocenters. The summed E-state index contributed by atoms with van der Waals surface area (Å²) >= 11 is 0. The Kier molecular flexibility index (Phi) is 62.9. The van der Waals surface area contributed by atoms with Gasteiger partial charge in [-0.3, -0.25) is 0 Å². The van der Waals surface area contributed by atoms with E-state index in [9.17, 15) is 0 Å². The van der Waals surface area contributed by atoms with E-state index >= 15 is 0 Å². The van der Waals surface area contributed by atoms with Crippen LogP contribution in [-0.4, -0.2) is 0 Å². The molecule has 2 atom stereocenters. The van der Waals surface area contributed by atoms with Gasteiger partial charge in [0, 0.05) is 0 Å². The van der Waals surface area contributed by atoms with Gasteiger partial charge in [-0.25, -0.2) is 0 Å². The van der Waals surface area contributed by atoms with Gasteiger partial charge in [0.05, 0.1) is 0 Å². The lowest BCUT2D eigenvalue weighted by atomic mass is 9.83. The van der Waals surface area contributed by atoms with Gasteiger partial charge in [0.1, 0.15) is 0 Å². The fourth-order valence-corrected chi connectivity index (χ4v) is 1.96. The summed E-state index contributed by atoms with van der Waals surface area (Å²) in [5.41, 5.74) is 0. The monoisotopic (exact) mass is 348 g/mol. The molecule has 0 heteroatoms. The molecule has 0 aliphatic heterocycles. The molecule has 0 spiro atoms. The van der Waals surface area contributed by atoms with E-state index in [1.807, 2.05) is 41.5 Å². The van der Waals surface area contributed by atoms with Crippen LogP contribution in [0.1, 0.15) is 136 Å². The standard InChI is InChI=1S/C13H28.C4H10.3C2H6.CH4/c1-6-8-13(12(5)7-2)10-9-11(3)4;1-4(2)3;3*1-2;/h11-13H,6-10H2,1-5H3;4H,1-3H3;3*1-2H3;1H4. The summed E-state index contributed by atoms with van der Waals surface area (Å²) in [6, 6.07) is 0. The molecule has 0 aromatic heterocycles. The summed E-state index contributed by atoms with van der Waals surface area (Å²) in [7, 11) is 0. The van der Waals surface area contributed by atoms with E-state index in [0.717, 1.165) is 23.7 Å². The number of rotatable bonds is 7. The Hall–Kier alpha value is 0. The van der Waals surface area contributed by atoms with Crippen LogP contribution in [-0.2, 0) is 0 Å². The van der Waals surface area contributed by atoms with Crippen molar-refractivity contribution in [2.24, 2.45) is 23.7 Å². The van der Waals surface area contributed by atoms with Crippen molar-refractivity contribution in [2.45, 2.75) is 136 Å². The minimum Gasteiger partial charge on any atom is -0.0776 e. The van der Waals surface area contributed by atoms with Crippen molar-refractivity contribution in [3.05, 3.63) is 0 Å². The van der Waals surface area contributed by atoms with Crippen molar-refractivity contribution < 1.29 is 0 Å². The fourth-order valence-electron chi connectivity index (χ4n) is 1.96. The van der Waals surface area contributed by atoms with Crippen molar-refractivity contribution in [3.63, 3.8) is 0 Å². The van der Waals surface area contributed by atoms with Crippen LogP contribution in [0.25, 0.3) is 0 Å². The molecule has 0 aromatic rings. The summed E-state index contributed by atoms with van der Waals surface area (Å²) in [5.74, 6) is 3.62. The Bertz CT molecular complexity index is 132. The molecule has 0 nitrogen and oxygen atoms in total. The van der Waals surface area contributed by atoms with E-state index in [2.05, 4.69) is 55.4 Å². The molecule has 0 N–H and O–H groups in total. The molecule has 0 radical (unpaired) electrons. The minimum absolute atomic E-state index is 0. The van der Waals surface area contributed by atoms with Crippen LogP contribution in [0.2, 0.25) is 0 Å². The number of hydrogen-bond acceptors (Lipinski definition) is 0. The normalized spacial score (nSPS) is 11.0. The first-order valence-corrected chi connectivity index (χ1v) is 10.8. The summed E-state index contributed by atoms with van der Waals surface area (Å²) in [5, 5.41) is 0. The van der Waals surface area contributed by atoms with E-state index in [1.54, 1.807) is 0 Å². The SMILES string of the molecule is C.CC.CC.CC.CC(C)C.CCCC(CCC(C)C)C(C)CC. The first-order chi connectivity index (χ1) is 10.8. The van der Waals surface area contributed by atoms with E-state index in [0.29, 0.717) is 0 Å². The van der Waals surface area contributed by atoms with Crippen molar-refractivity contribution in [3.8, 4) is 0 Å². The molecule has 0 aliphatic carbocycles. The smallest absolute Gasteiger partial charge is 0.0389 e. The highest BCUT2D eigenvalue weighted by molar-refractivity contribution is 4.66. The molecule has 156 valence electrons.